The standard InChI is InChI=1S/C18H20N2O4.Na/c1-11(2)8-13-4-7-17(21)15(10-13)18(22)19-14-5-6-16(20(23)24)12(3)9-14;/h4-7,9-11H,8H2,1-3H3,(H2-,19,21,22,23,24);/q;+1. The van der Waals surface area contributed by atoms with Crippen molar-refractivity contribution in [3.8, 4) is 5.75 Å². The number of aryl methyl sites for hydroxylation is 1. The van der Waals surface area contributed by atoms with Gasteiger partial charge in [0.2, 0.25) is 0 Å². The first-order valence-electron chi connectivity index (χ1n) is 7.66. The molecule has 1 amide bonds. The van der Waals surface area contributed by atoms with Crippen LogP contribution in [0.1, 0.15) is 35.3 Å². The molecule has 0 spiro atoms. The van der Waals surface area contributed by atoms with Gasteiger partial charge in [-0.3, -0.25) is 4.79 Å². The van der Waals surface area contributed by atoms with Crippen LogP contribution in [0.25, 0.3) is 0 Å². The molecule has 0 aromatic heterocycles. The molecule has 2 N–H and O–H groups in total. The minimum Gasteiger partial charge on any atom is -0.872 e. The van der Waals surface area contributed by atoms with E-state index in [0.29, 0.717) is 17.2 Å². The molecule has 2 aromatic carbocycles. The summed E-state index contributed by atoms with van der Waals surface area (Å²) in [5.41, 5.74) is 2.06. The van der Waals surface area contributed by atoms with Crippen LogP contribution in [-0.2, 0) is 6.42 Å². The first-order valence-corrected chi connectivity index (χ1v) is 7.66. The largest absolute Gasteiger partial charge is 1.00 e. The van der Waals surface area contributed by atoms with Crippen LogP contribution in [-0.4, -0.2) is 16.0 Å². The van der Waals surface area contributed by atoms with E-state index < -0.39 is 5.91 Å². The van der Waals surface area contributed by atoms with Crippen LogP contribution >= 0.6 is 0 Å². The molecule has 0 heterocycles. The van der Waals surface area contributed by atoms with E-state index >= 15 is 0 Å². The Bertz CT molecular complexity index is 791. The Balaban J connectivity index is 0.00000312. The van der Waals surface area contributed by atoms with E-state index in [1.165, 1.54) is 18.2 Å². The van der Waals surface area contributed by atoms with Gasteiger partial charge in [-0.2, -0.15) is 0 Å². The maximum Gasteiger partial charge on any atom is 1.00 e. The molecule has 0 bridgehead atoms. The number of benzene rings is 2. The molecule has 0 saturated carbocycles. The molecule has 0 saturated heterocycles. The SMILES string of the molecule is Cc1cc(NC(=O)c2cc(CC(C)C)ccc2[O-])ccc1[N+](=O)O.[Na+]. The summed E-state index contributed by atoms with van der Waals surface area (Å²) in [6.45, 7) is 5.76. The third-order valence-corrected chi connectivity index (χ3v) is 3.59. The Morgan fingerprint density at radius 3 is 2.48 bits per heavy atom. The number of anilines is 1. The van der Waals surface area contributed by atoms with Crippen molar-refractivity contribution in [3.05, 3.63) is 58.0 Å². The molecular weight excluding hydrogens is 331 g/mol. The average molecular weight is 351 g/mol. The van der Waals surface area contributed by atoms with E-state index in [1.807, 2.05) is 0 Å². The molecule has 0 radical (unpaired) electrons. The Morgan fingerprint density at radius 2 is 1.92 bits per heavy atom. The van der Waals surface area contributed by atoms with E-state index in [-0.39, 0.29) is 51.5 Å². The molecule has 2 rings (SSSR count). The van der Waals surface area contributed by atoms with Crippen molar-refractivity contribution in [1.82, 2.24) is 0 Å². The van der Waals surface area contributed by atoms with Gasteiger partial charge in [0.1, 0.15) is 0 Å². The van der Waals surface area contributed by atoms with Gasteiger partial charge < -0.3 is 10.4 Å². The first-order chi connectivity index (χ1) is 11.3. The Morgan fingerprint density at radius 1 is 1.24 bits per heavy atom. The second-order valence-corrected chi connectivity index (χ2v) is 6.16. The van der Waals surface area contributed by atoms with Gasteiger partial charge in [-0.15, -0.1) is 0 Å². The zero-order valence-electron chi connectivity index (χ0n) is 14.9. The van der Waals surface area contributed by atoms with Gasteiger partial charge in [0, 0.05) is 22.9 Å². The number of rotatable bonds is 5. The van der Waals surface area contributed by atoms with Gasteiger partial charge in [-0.05, 0) is 43.0 Å². The molecule has 0 fully saturated rings. The fraction of sp³-hybridized carbons (Fsp3) is 0.278. The van der Waals surface area contributed by atoms with Crippen LogP contribution in [0.3, 0.4) is 0 Å². The summed E-state index contributed by atoms with van der Waals surface area (Å²) in [6.07, 6.45) is 0.782. The number of carbonyl (C=O) groups excluding carboxylic acids is 1. The van der Waals surface area contributed by atoms with Crippen molar-refractivity contribution in [2.75, 3.05) is 5.32 Å². The van der Waals surface area contributed by atoms with Crippen molar-refractivity contribution in [3.63, 3.8) is 0 Å². The second-order valence-electron chi connectivity index (χ2n) is 6.16. The summed E-state index contributed by atoms with van der Waals surface area (Å²) in [5.74, 6) is -0.419. The minimum absolute atomic E-state index is 0. The van der Waals surface area contributed by atoms with Crippen molar-refractivity contribution < 1.29 is 49.6 Å². The number of carbonyl (C=O) groups is 1. The molecule has 0 unspecified atom stereocenters. The van der Waals surface area contributed by atoms with E-state index in [4.69, 9.17) is 5.21 Å². The van der Waals surface area contributed by atoms with Crippen LogP contribution in [0.15, 0.2) is 36.4 Å². The van der Waals surface area contributed by atoms with Crippen molar-refractivity contribution in [2.24, 2.45) is 5.92 Å². The summed E-state index contributed by atoms with van der Waals surface area (Å²) in [4.78, 5) is 23.1. The third kappa shape index (κ3) is 5.56. The zero-order valence-corrected chi connectivity index (χ0v) is 16.9. The van der Waals surface area contributed by atoms with E-state index in [0.717, 1.165) is 12.0 Å². The Labute approximate surface area is 168 Å². The van der Waals surface area contributed by atoms with Gasteiger partial charge in [-0.1, -0.05) is 31.7 Å². The van der Waals surface area contributed by atoms with E-state index in [1.54, 1.807) is 25.1 Å². The van der Waals surface area contributed by atoms with Gasteiger partial charge in [0.25, 0.3) is 10.8 Å². The summed E-state index contributed by atoms with van der Waals surface area (Å²) < 4.78 is 0. The maximum absolute atomic E-state index is 12.4. The number of nitrogens with zero attached hydrogens (tertiary/aromatic N) is 1. The van der Waals surface area contributed by atoms with Crippen LogP contribution in [0.5, 0.6) is 5.75 Å². The van der Waals surface area contributed by atoms with Gasteiger partial charge in [-0.25, -0.2) is 5.21 Å². The van der Waals surface area contributed by atoms with Crippen LogP contribution in [0.4, 0.5) is 11.4 Å². The normalized spacial score (nSPS) is 10.2. The smallest absolute Gasteiger partial charge is 0.872 e. The van der Waals surface area contributed by atoms with Crippen molar-refractivity contribution in [1.29, 1.82) is 0 Å². The summed E-state index contributed by atoms with van der Waals surface area (Å²) in [7, 11) is 0. The average Bonchev–Trinajstić information content (AvgIpc) is 2.48. The number of hydrogen-bond acceptors (Lipinski definition) is 3. The molecule has 25 heavy (non-hydrogen) atoms. The van der Waals surface area contributed by atoms with Crippen molar-refractivity contribution in [2.45, 2.75) is 27.2 Å². The summed E-state index contributed by atoms with van der Waals surface area (Å²) in [5, 5.41) is 23.5. The monoisotopic (exact) mass is 351 g/mol. The quantitative estimate of drug-likeness (QED) is 0.600. The summed E-state index contributed by atoms with van der Waals surface area (Å²) in [6, 6.07) is 9.20. The number of hydrogen-bond donors (Lipinski definition) is 2. The molecule has 0 atom stereocenters. The van der Waals surface area contributed by atoms with Gasteiger partial charge >= 0.3 is 35.2 Å². The van der Waals surface area contributed by atoms with Crippen molar-refractivity contribution >= 4 is 17.3 Å². The van der Waals surface area contributed by atoms with Crippen LogP contribution < -0.4 is 40.0 Å². The summed E-state index contributed by atoms with van der Waals surface area (Å²) >= 11 is 0. The predicted molar refractivity (Wildman–Crippen MR) is 88.6 cm³/mol. The van der Waals surface area contributed by atoms with Gasteiger partial charge in [0.15, 0.2) is 0 Å². The Kier molecular flexibility index (Phi) is 7.60. The molecule has 7 heteroatoms. The Hall–Kier alpha value is -1.89. The molecule has 0 aliphatic heterocycles. The topological polar surface area (TPSA) is 92.5 Å². The second kappa shape index (κ2) is 8.99. The molecular formula is C18H20N2NaO4+. The third-order valence-electron chi connectivity index (χ3n) is 3.59. The zero-order chi connectivity index (χ0) is 17.9. The molecule has 0 aliphatic carbocycles. The molecule has 0 aliphatic rings. The maximum atomic E-state index is 12.4. The van der Waals surface area contributed by atoms with Crippen LogP contribution in [0, 0.1) is 17.7 Å². The van der Waals surface area contributed by atoms with Gasteiger partial charge in [0.05, 0.1) is 4.91 Å². The molecule has 2 aromatic rings. The van der Waals surface area contributed by atoms with Crippen LogP contribution in [0.2, 0.25) is 0 Å². The minimum atomic E-state index is -0.499. The fourth-order valence-electron chi connectivity index (χ4n) is 2.50. The fourth-order valence-corrected chi connectivity index (χ4v) is 2.50. The molecule has 126 valence electrons. The first kappa shape index (κ1) is 21.2. The predicted octanol–water partition coefficient (Wildman–Crippen LogP) is 0.323. The number of nitrogens with one attached hydrogen (secondary N) is 1. The van der Waals surface area contributed by atoms with E-state index in [2.05, 4.69) is 19.2 Å². The number of amides is 1. The molecule has 6 nitrogen and oxygen atoms in total. The van der Waals surface area contributed by atoms with E-state index in [9.17, 15) is 14.8 Å².